The van der Waals surface area contributed by atoms with E-state index in [9.17, 15) is 18.0 Å². The van der Waals surface area contributed by atoms with Gasteiger partial charge in [0.2, 0.25) is 0 Å². The van der Waals surface area contributed by atoms with Gasteiger partial charge in [0, 0.05) is 16.7 Å². The van der Waals surface area contributed by atoms with Crippen molar-refractivity contribution in [3.63, 3.8) is 0 Å². The lowest BCUT2D eigenvalue weighted by molar-refractivity contribution is -0.112. The number of allylic oxidation sites excluding steroid dienone is 8. The fourth-order valence-electron chi connectivity index (χ4n) is 2.06. The SMILES string of the molecule is O=C(C1=CCCC(C(F)(F)F)=C1)C1=CC=CCC1. The van der Waals surface area contributed by atoms with Crippen LogP contribution in [0.4, 0.5) is 13.2 Å². The average molecular weight is 254 g/mol. The number of carbonyl (C=O) groups excluding carboxylic acids is 1. The summed E-state index contributed by atoms with van der Waals surface area (Å²) in [4.78, 5) is 12.0. The van der Waals surface area contributed by atoms with Crippen LogP contribution >= 0.6 is 0 Å². The first-order chi connectivity index (χ1) is 8.48. The maximum atomic E-state index is 12.6. The highest BCUT2D eigenvalue weighted by Gasteiger charge is 2.34. The molecule has 2 rings (SSSR count). The molecule has 2 aliphatic rings. The van der Waals surface area contributed by atoms with Crippen molar-refractivity contribution in [3.05, 3.63) is 47.1 Å². The molecule has 0 unspecified atom stereocenters. The third kappa shape index (κ3) is 2.81. The van der Waals surface area contributed by atoms with Gasteiger partial charge in [0.05, 0.1) is 0 Å². The van der Waals surface area contributed by atoms with Crippen LogP contribution in [0.1, 0.15) is 25.7 Å². The maximum absolute atomic E-state index is 12.6. The van der Waals surface area contributed by atoms with Gasteiger partial charge in [-0.1, -0.05) is 24.3 Å². The van der Waals surface area contributed by atoms with Crippen LogP contribution in [0.25, 0.3) is 0 Å². The van der Waals surface area contributed by atoms with Crippen molar-refractivity contribution in [2.24, 2.45) is 0 Å². The Morgan fingerprint density at radius 1 is 1.17 bits per heavy atom. The molecule has 0 aromatic carbocycles. The molecule has 0 aliphatic heterocycles. The van der Waals surface area contributed by atoms with E-state index in [-0.39, 0.29) is 24.2 Å². The van der Waals surface area contributed by atoms with Crippen molar-refractivity contribution in [1.82, 2.24) is 0 Å². The van der Waals surface area contributed by atoms with E-state index in [1.54, 1.807) is 18.2 Å². The summed E-state index contributed by atoms with van der Waals surface area (Å²) in [6.45, 7) is 0. The fourth-order valence-corrected chi connectivity index (χ4v) is 2.06. The minimum absolute atomic E-state index is 0.0424. The van der Waals surface area contributed by atoms with Gasteiger partial charge in [-0.05, 0) is 31.8 Å². The molecule has 0 heterocycles. The Labute approximate surface area is 103 Å². The average Bonchev–Trinajstić information content (AvgIpc) is 2.38. The van der Waals surface area contributed by atoms with Crippen LogP contribution in [0.5, 0.6) is 0 Å². The van der Waals surface area contributed by atoms with Crippen LogP contribution in [0.15, 0.2) is 47.1 Å². The second-order valence-electron chi connectivity index (χ2n) is 4.35. The number of rotatable bonds is 2. The van der Waals surface area contributed by atoms with Crippen molar-refractivity contribution in [3.8, 4) is 0 Å². The lowest BCUT2D eigenvalue weighted by Crippen LogP contribution is -2.16. The molecular weight excluding hydrogens is 241 g/mol. The Morgan fingerprint density at radius 2 is 1.94 bits per heavy atom. The molecule has 0 spiro atoms. The van der Waals surface area contributed by atoms with Crippen LogP contribution in [-0.2, 0) is 4.79 Å². The molecule has 0 saturated heterocycles. The third-order valence-electron chi connectivity index (χ3n) is 3.04. The molecule has 18 heavy (non-hydrogen) atoms. The van der Waals surface area contributed by atoms with E-state index in [2.05, 4.69) is 0 Å². The molecule has 0 bridgehead atoms. The van der Waals surface area contributed by atoms with Gasteiger partial charge in [-0.2, -0.15) is 13.2 Å². The highest BCUT2D eigenvalue weighted by Crippen LogP contribution is 2.33. The lowest BCUT2D eigenvalue weighted by atomic mass is 9.90. The molecule has 0 fully saturated rings. The van der Waals surface area contributed by atoms with E-state index < -0.39 is 11.7 Å². The van der Waals surface area contributed by atoms with E-state index in [0.717, 1.165) is 12.5 Å². The van der Waals surface area contributed by atoms with E-state index in [4.69, 9.17) is 0 Å². The number of alkyl halides is 3. The molecule has 1 nitrogen and oxygen atoms in total. The van der Waals surface area contributed by atoms with Crippen molar-refractivity contribution in [1.29, 1.82) is 0 Å². The van der Waals surface area contributed by atoms with E-state index in [1.165, 1.54) is 0 Å². The predicted molar refractivity (Wildman–Crippen MR) is 62.9 cm³/mol. The molecule has 0 atom stereocenters. The zero-order valence-corrected chi connectivity index (χ0v) is 9.76. The lowest BCUT2D eigenvalue weighted by Gasteiger charge is -2.17. The Balaban J connectivity index is 2.21. The van der Waals surface area contributed by atoms with Crippen LogP contribution in [0.3, 0.4) is 0 Å². The summed E-state index contributed by atoms with van der Waals surface area (Å²) in [6.07, 6.45) is 5.24. The number of hydrogen-bond donors (Lipinski definition) is 0. The van der Waals surface area contributed by atoms with Crippen molar-refractivity contribution in [2.45, 2.75) is 31.9 Å². The number of halogens is 3. The Bertz CT molecular complexity index is 476. The van der Waals surface area contributed by atoms with E-state index in [1.807, 2.05) is 6.08 Å². The fraction of sp³-hybridized carbons (Fsp3) is 0.357. The second-order valence-corrected chi connectivity index (χ2v) is 4.35. The Kier molecular flexibility index (Phi) is 3.55. The normalized spacial score (nSPS) is 20.1. The van der Waals surface area contributed by atoms with Gasteiger partial charge in [0.25, 0.3) is 0 Å². The first-order valence-electron chi connectivity index (χ1n) is 5.87. The molecule has 0 aromatic rings. The van der Waals surface area contributed by atoms with Gasteiger partial charge in [0.15, 0.2) is 5.78 Å². The number of hydrogen-bond acceptors (Lipinski definition) is 1. The van der Waals surface area contributed by atoms with Crippen LogP contribution in [0.2, 0.25) is 0 Å². The van der Waals surface area contributed by atoms with Crippen LogP contribution < -0.4 is 0 Å². The van der Waals surface area contributed by atoms with Gasteiger partial charge in [-0.15, -0.1) is 0 Å². The molecule has 0 radical (unpaired) electrons. The summed E-state index contributed by atoms with van der Waals surface area (Å²) in [5, 5.41) is 0. The van der Waals surface area contributed by atoms with Crippen LogP contribution in [-0.4, -0.2) is 12.0 Å². The Hall–Kier alpha value is -1.58. The van der Waals surface area contributed by atoms with Gasteiger partial charge in [-0.25, -0.2) is 0 Å². The van der Waals surface area contributed by atoms with Crippen molar-refractivity contribution in [2.75, 3.05) is 0 Å². The second kappa shape index (κ2) is 4.96. The van der Waals surface area contributed by atoms with Gasteiger partial charge in [0.1, 0.15) is 0 Å². The van der Waals surface area contributed by atoms with Crippen molar-refractivity contribution >= 4 is 5.78 Å². The summed E-state index contributed by atoms with van der Waals surface area (Å²) in [5.74, 6) is -0.277. The molecule has 0 saturated carbocycles. The zero-order chi connectivity index (χ0) is 13.2. The summed E-state index contributed by atoms with van der Waals surface area (Å²) in [7, 11) is 0. The molecule has 0 amide bonds. The van der Waals surface area contributed by atoms with Gasteiger partial charge < -0.3 is 0 Å². The number of Topliss-reactive ketones (excluding diaryl/α,β-unsaturated/α-hetero) is 1. The van der Waals surface area contributed by atoms with Crippen LogP contribution in [0, 0.1) is 0 Å². The highest BCUT2D eigenvalue weighted by molar-refractivity contribution is 6.10. The smallest absolute Gasteiger partial charge is 0.289 e. The quantitative estimate of drug-likeness (QED) is 0.726. The Morgan fingerprint density at radius 3 is 2.56 bits per heavy atom. The largest absolute Gasteiger partial charge is 0.412 e. The first kappa shape index (κ1) is 12.9. The standard InChI is InChI=1S/C14H13F3O/c15-14(16,17)12-8-4-7-11(9-12)13(18)10-5-2-1-3-6-10/h1-2,5,7,9H,3-4,6,8H2. The number of ketones is 1. The highest BCUT2D eigenvalue weighted by atomic mass is 19.4. The van der Waals surface area contributed by atoms with Crippen molar-refractivity contribution < 1.29 is 18.0 Å². The summed E-state index contributed by atoms with van der Waals surface area (Å²) < 4.78 is 37.8. The summed E-state index contributed by atoms with van der Waals surface area (Å²) in [5.41, 5.74) is 0.152. The van der Waals surface area contributed by atoms with Gasteiger partial charge in [-0.3, -0.25) is 4.79 Å². The van der Waals surface area contributed by atoms with Gasteiger partial charge >= 0.3 is 6.18 Å². The molecular formula is C14H13F3O. The molecule has 0 aromatic heterocycles. The third-order valence-corrected chi connectivity index (χ3v) is 3.04. The zero-order valence-electron chi connectivity index (χ0n) is 9.76. The minimum atomic E-state index is -4.33. The molecule has 2 aliphatic carbocycles. The molecule has 0 N–H and O–H groups in total. The molecule has 96 valence electrons. The minimum Gasteiger partial charge on any atom is -0.289 e. The first-order valence-corrected chi connectivity index (χ1v) is 5.87. The molecule has 4 heteroatoms. The summed E-state index contributed by atoms with van der Waals surface area (Å²) >= 11 is 0. The monoisotopic (exact) mass is 254 g/mol. The summed E-state index contributed by atoms with van der Waals surface area (Å²) in [6, 6.07) is 0. The predicted octanol–water partition coefficient (Wildman–Crippen LogP) is 4.04. The van der Waals surface area contributed by atoms with E-state index >= 15 is 0 Å². The number of carbonyl (C=O) groups is 1. The maximum Gasteiger partial charge on any atom is 0.412 e. The topological polar surface area (TPSA) is 17.1 Å². The van der Waals surface area contributed by atoms with E-state index in [0.29, 0.717) is 12.0 Å².